The van der Waals surface area contributed by atoms with Crippen molar-refractivity contribution >= 4 is 5.78 Å². The molecule has 0 amide bonds. The topological polar surface area (TPSA) is 34.9 Å². The van der Waals surface area contributed by atoms with Crippen LogP contribution >= 0.6 is 0 Å². The van der Waals surface area contributed by atoms with Crippen LogP contribution in [0.15, 0.2) is 18.7 Å². The van der Waals surface area contributed by atoms with Crippen LogP contribution in [-0.4, -0.2) is 15.6 Å². The molecule has 0 aliphatic rings. The first kappa shape index (κ1) is 8.71. The van der Waals surface area contributed by atoms with E-state index in [4.69, 9.17) is 0 Å². The molecule has 3 heteroatoms. The average Bonchev–Trinajstić information content (AvgIpc) is 2.30. The number of hydrogen-bond donors (Lipinski definition) is 0. The molecule has 0 spiro atoms. The summed E-state index contributed by atoms with van der Waals surface area (Å²) in [6, 6.07) is 1.90. The van der Waals surface area contributed by atoms with Crippen molar-refractivity contribution in [2.45, 2.75) is 13.3 Å². The largest absolute Gasteiger partial charge is 0.294 e. The molecule has 1 heterocycles. The molecule has 3 nitrogen and oxygen atoms in total. The summed E-state index contributed by atoms with van der Waals surface area (Å²) in [5, 5.41) is 4.13. The lowest BCUT2D eigenvalue weighted by Crippen LogP contribution is -2.04. The van der Waals surface area contributed by atoms with Gasteiger partial charge in [-0.15, -0.1) is 0 Å². The maximum Gasteiger partial charge on any atom is 0.161 e. The number of carbonyl (C=O) groups excluding carboxylic acids is 1. The molecule has 1 aromatic rings. The molecule has 64 valence electrons. The van der Waals surface area contributed by atoms with Crippen LogP contribution in [0.5, 0.6) is 0 Å². The molecule has 1 rings (SSSR count). The van der Waals surface area contributed by atoms with Crippen molar-refractivity contribution in [1.82, 2.24) is 9.78 Å². The number of ketones is 1. The maximum absolute atomic E-state index is 11.0. The fourth-order valence-corrected chi connectivity index (χ4v) is 1.08. The zero-order valence-electron chi connectivity index (χ0n) is 7.37. The molecule has 1 aromatic heterocycles. The molecule has 0 fully saturated rings. The lowest BCUT2D eigenvalue weighted by Gasteiger charge is -1.96. The van der Waals surface area contributed by atoms with Gasteiger partial charge in [0.1, 0.15) is 0 Å². The highest BCUT2D eigenvalue weighted by Gasteiger charge is 2.04. The second-order valence-corrected chi connectivity index (χ2v) is 2.75. The maximum atomic E-state index is 11.0. The zero-order valence-corrected chi connectivity index (χ0v) is 7.37. The minimum absolute atomic E-state index is 0.0259. The summed E-state index contributed by atoms with van der Waals surface area (Å²) >= 11 is 0. The summed E-state index contributed by atoms with van der Waals surface area (Å²) in [6.07, 6.45) is 1.73. The van der Waals surface area contributed by atoms with Crippen LogP contribution in [0.1, 0.15) is 11.4 Å². The fourth-order valence-electron chi connectivity index (χ4n) is 1.08. The molecule has 0 saturated carbocycles. The van der Waals surface area contributed by atoms with E-state index in [1.165, 1.54) is 6.08 Å². The Kier molecular flexibility index (Phi) is 2.43. The third-order valence-corrected chi connectivity index (χ3v) is 1.68. The molecule has 0 unspecified atom stereocenters. The Labute approximate surface area is 71.7 Å². The zero-order chi connectivity index (χ0) is 9.14. The van der Waals surface area contributed by atoms with E-state index >= 15 is 0 Å². The van der Waals surface area contributed by atoms with E-state index in [-0.39, 0.29) is 5.78 Å². The first-order valence-corrected chi connectivity index (χ1v) is 3.78. The molecule has 0 bridgehead atoms. The molecule has 0 aliphatic heterocycles. The highest BCUT2D eigenvalue weighted by molar-refractivity contribution is 5.90. The molecule has 12 heavy (non-hydrogen) atoms. The van der Waals surface area contributed by atoms with Crippen molar-refractivity contribution in [3.63, 3.8) is 0 Å². The molecular weight excluding hydrogens is 152 g/mol. The van der Waals surface area contributed by atoms with Gasteiger partial charge in [-0.05, 0) is 19.1 Å². The Balaban J connectivity index is 2.81. The van der Waals surface area contributed by atoms with Gasteiger partial charge in [-0.1, -0.05) is 6.58 Å². The fraction of sp³-hybridized carbons (Fsp3) is 0.333. The van der Waals surface area contributed by atoms with Gasteiger partial charge in [-0.2, -0.15) is 5.10 Å². The molecule has 0 atom stereocenters. The highest BCUT2D eigenvalue weighted by atomic mass is 16.1. The van der Waals surface area contributed by atoms with Gasteiger partial charge in [-0.3, -0.25) is 9.48 Å². The molecule has 0 aromatic carbocycles. The SMILES string of the molecule is C=CC(=O)Cc1cc(C)nn1C. The third kappa shape index (κ3) is 1.81. The van der Waals surface area contributed by atoms with Gasteiger partial charge in [0.15, 0.2) is 5.78 Å². The predicted molar refractivity (Wildman–Crippen MR) is 46.9 cm³/mol. The summed E-state index contributed by atoms with van der Waals surface area (Å²) in [6.45, 7) is 5.32. The van der Waals surface area contributed by atoms with E-state index in [0.29, 0.717) is 6.42 Å². The normalized spacial score (nSPS) is 9.83. The van der Waals surface area contributed by atoms with Crippen molar-refractivity contribution in [2.75, 3.05) is 0 Å². The number of aromatic nitrogens is 2. The Morgan fingerprint density at radius 1 is 1.83 bits per heavy atom. The quantitative estimate of drug-likeness (QED) is 0.625. The van der Waals surface area contributed by atoms with Crippen LogP contribution in [0.25, 0.3) is 0 Å². The smallest absolute Gasteiger partial charge is 0.161 e. The van der Waals surface area contributed by atoms with E-state index in [2.05, 4.69) is 11.7 Å². The Morgan fingerprint density at radius 2 is 2.50 bits per heavy atom. The van der Waals surface area contributed by atoms with Crippen molar-refractivity contribution < 1.29 is 4.79 Å². The Bertz CT molecular complexity index is 312. The monoisotopic (exact) mass is 164 g/mol. The molecule has 0 N–H and O–H groups in total. The van der Waals surface area contributed by atoms with Crippen LogP contribution < -0.4 is 0 Å². The van der Waals surface area contributed by atoms with Gasteiger partial charge in [-0.25, -0.2) is 0 Å². The summed E-state index contributed by atoms with van der Waals surface area (Å²) in [7, 11) is 1.83. The number of rotatable bonds is 3. The van der Waals surface area contributed by atoms with Crippen molar-refractivity contribution in [3.05, 3.63) is 30.1 Å². The summed E-state index contributed by atoms with van der Waals surface area (Å²) in [5.41, 5.74) is 1.86. The van der Waals surface area contributed by atoms with Crippen molar-refractivity contribution in [3.8, 4) is 0 Å². The van der Waals surface area contributed by atoms with Gasteiger partial charge in [0.25, 0.3) is 0 Å². The minimum atomic E-state index is 0.0259. The molecule has 0 radical (unpaired) electrons. The Morgan fingerprint density at radius 3 is 2.92 bits per heavy atom. The van der Waals surface area contributed by atoms with E-state index in [0.717, 1.165) is 11.4 Å². The minimum Gasteiger partial charge on any atom is -0.294 e. The van der Waals surface area contributed by atoms with E-state index < -0.39 is 0 Å². The standard InChI is InChI=1S/C9H12N2O/c1-4-9(12)6-8-5-7(2)10-11(8)3/h4-5H,1,6H2,2-3H3. The highest BCUT2D eigenvalue weighted by Crippen LogP contribution is 2.02. The Hall–Kier alpha value is -1.38. The summed E-state index contributed by atoms with van der Waals surface area (Å²) < 4.78 is 1.72. The summed E-state index contributed by atoms with van der Waals surface area (Å²) in [5.74, 6) is 0.0259. The first-order chi connectivity index (χ1) is 5.63. The van der Waals surface area contributed by atoms with E-state index in [1.807, 2.05) is 20.0 Å². The molecule has 0 aliphatic carbocycles. The lowest BCUT2D eigenvalue weighted by atomic mass is 10.2. The van der Waals surface area contributed by atoms with Gasteiger partial charge in [0.05, 0.1) is 12.1 Å². The van der Waals surface area contributed by atoms with E-state index in [9.17, 15) is 4.79 Å². The number of hydrogen-bond acceptors (Lipinski definition) is 2. The van der Waals surface area contributed by atoms with E-state index in [1.54, 1.807) is 4.68 Å². The number of allylic oxidation sites excluding steroid dienone is 1. The second kappa shape index (κ2) is 3.34. The van der Waals surface area contributed by atoms with Crippen molar-refractivity contribution in [2.24, 2.45) is 7.05 Å². The van der Waals surface area contributed by atoms with Gasteiger partial charge >= 0.3 is 0 Å². The molecular formula is C9H12N2O. The molecule has 0 saturated heterocycles. The second-order valence-electron chi connectivity index (χ2n) is 2.75. The average molecular weight is 164 g/mol. The number of nitrogens with zero attached hydrogens (tertiary/aromatic N) is 2. The lowest BCUT2D eigenvalue weighted by molar-refractivity contribution is -0.114. The summed E-state index contributed by atoms with van der Waals surface area (Å²) in [4.78, 5) is 11.0. The van der Waals surface area contributed by atoms with Gasteiger partial charge in [0, 0.05) is 12.7 Å². The first-order valence-electron chi connectivity index (χ1n) is 3.78. The number of aryl methyl sites for hydroxylation is 2. The predicted octanol–water partition coefficient (Wildman–Crippen LogP) is 1.03. The van der Waals surface area contributed by atoms with Gasteiger partial charge in [0.2, 0.25) is 0 Å². The number of carbonyl (C=O) groups is 1. The van der Waals surface area contributed by atoms with Crippen LogP contribution in [0.4, 0.5) is 0 Å². The third-order valence-electron chi connectivity index (χ3n) is 1.68. The van der Waals surface area contributed by atoms with Crippen LogP contribution in [0.2, 0.25) is 0 Å². The van der Waals surface area contributed by atoms with Crippen molar-refractivity contribution in [1.29, 1.82) is 0 Å². The van der Waals surface area contributed by atoms with Crippen LogP contribution in [0, 0.1) is 6.92 Å². The van der Waals surface area contributed by atoms with Gasteiger partial charge < -0.3 is 0 Å². The van der Waals surface area contributed by atoms with Crippen LogP contribution in [-0.2, 0) is 18.3 Å². The van der Waals surface area contributed by atoms with Crippen LogP contribution in [0.3, 0.4) is 0 Å².